The maximum atomic E-state index is 11.9. The standard InChI is InChI=1S/C19H22N4O3/c1-14-6-3-4-8-17(14)26-13-19(25)23-22-15(2)10-18(24)21-12-16-7-5-9-20-11-16/h3-9,11H,10,12-13H2,1-2H3,(H,21,24)(H,23,25)/b22-15+. The van der Waals surface area contributed by atoms with Gasteiger partial charge in [-0.1, -0.05) is 24.3 Å². The summed E-state index contributed by atoms with van der Waals surface area (Å²) in [6, 6.07) is 11.1. The number of aromatic nitrogens is 1. The number of nitrogens with zero attached hydrogens (tertiary/aromatic N) is 2. The Labute approximate surface area is 152 Å². The van der Waals surface area contributed by atoms with Crippen molar-refractivity contribution in [3.63, 3.8) is 0 Å². The first-order chi connectivity index (χ1) is 12.5. The number of nitrogens with one attached hydrogen (secondary N) is 2. The second kappa shape index (κ2) is 9.93. The van der Waals surface area contributed by atoms with Crippen LogP contribution in [0.2, 0.25) is 0 Å². The fourth-order valence-electron chi connectivity index (χ4n) is 2.09. The van der Waals surface area contributed by atoms with Crippen molar-refractivity contribution in [2.24, 2.45) is 5.10 Å². The number of aryl methyl sites for hydroxylation is 1. The van der Waals surface area contributed by atoms with Gasteiger partial charge in [-0.3, -0.25) is 14.6 Å². The van der Waals surface area contributed by atoms with Crippen molar-refractivity contribution in [2.75, 3.05) is 6.61 Å². The zero-order valence-corrected chi connectivity index (χ0v) is 14.9. The molecule has 0 spiro atoms. The summed E-state index contributed by atoms with van der Waals surface area (Å²) in [6.07, 6.45) is 3.46. The molecule has 0 atom stereocenters. The number of hydrogen-bond acceptors (Lipinski definition) is 5. The lowest BCUT2D eigenvalue weighted by Gasteiger charge is -2.08. The zero-order valence-electron chi connectivity index (χ0n) is 14.9. The van der Waals surface area contributed by atoms with Crippen molar-refractivity contribution < 1.29 is 14.3 Å². The average Bonchev–Trinajstić information content (AvgIpc) is 2.65. The molecule has 1 aromatic carbocycles. The Hall–Kier alpha value is -3.22. The molecule has 0 radical (unpaired) electrons. The number of carbonyl (C=O) groups is 2. The van der Waals surface area contributed by atoms with E-state index in [1.54, 1.807) is 25.4 Å². The van der Waals surface area contributed by atoms with Gasteiger partial charge in [0.25, 0.3) is 5.91 Å². The van der Waals surface area contributed by atoms with Gasteiger partial charge in [-0.2, -0.15) is 5.10 Å². The summed E-state index contributed by atoms with van der Waals surface area (Å²) in [7, 11) is 0. The van der Waals surface area contributed by atoms with Gasteiger partial charge in [0.05, 0.1) is 6.42 Å². The van der Waals surface area contributed by atoms with Gasteiger partial charge < -0.3 is 10.1 Å². The molecule has 136 valence electrons. The van der Waals surface area contributed by atoms with E-state index < -0.39 is 0 Å². The number of benzene rings is 1. The molecule has 7 nitrogen and oxygen atoms in total. The van der Waals surface area contributed by atoms with Gasteiger partial charge in [0.2, 0.25) is 5.91 Å². The summed E-state index contributed by atoms with van der Waals surface area (Å²) in [5.41, 5.74) is 4.75. The van der Waals surface area contributed by atoms with Crippen LogP contribution >= 0.6 is 0 Å². The Bertz CT molecular complexity index is 775. The van der Waals surface area contributed by atoms with E-state index in [-0.39, 0.29) is 24.8 Å². The molecular weight excluding hydrogens is 332 g/mol. The van der Waals surface area contributed by atoms with Crippen molar-refractivity contribution in [1.29, 1.82) is 0 Å². The highest BCUT2D eigenvalue weighted by Gasteiger charge is 2.06. The van der Waals surface area contributed by atoms with E-state index in [4.69, 9.17) is 4.74 Å². The SMILES string of the molecule is C/C(CC(=O)NCc1cccnc1)=N\NC(=O)COc1ccccc1C. The number of para-hydroxylation sites is 1. The highest BCUT2D eigenvalue weighted by atomic mass is 16.5. The molecule has 26 heavy (non-hydrogen) atoms. The van der Waals surface area contributed by atoms with Crippen molar-refractivity contribution >= 4 is 17.5 Å². The van der Waals surface area contributed by atoms with E-state index in [9.17, 15) is 9.59 Å². The number of rotatable bonds is 8. The molecule has 0 saturated carbocycles. The molecule has 0 aliphatic rings. The first-order valence-corrected chi connectivity index (χ1v) is 8.20. The first-order valence-electron chi connectivity index (χ1n) is 8.20. The lowest BCUT2D eigenvalue weighted by molar-refractivity contribution is -0.123. The van der Waals surface area contributed by atoms with Crippen molar-refractivity contribution in [1.82, 2.24) is 15.7 Å². The predicted octanol–water partition coefficient (Wildman–Crippen LogP) is 1.97. The molecule has 0 saturated heterocycles. The summed E-state index contributed by atoms with van der Waals surface area (Å²) in [5, 5.41) is 6.69. The third-order valence-electron chi connectivity index (χ3n) is 3.45. The Morgan fingerprint density at radius 3 is 2.69 bits per heavy atom. The quantitative estimate of drug-likeness (QED) is 0.560. The third-order valence-corrected chi connectivity index (χ3v) is 3.45. The summed E-state index contributed by atoms with van der Waals surface area (Å²) >= 11 is 0. The van der Waals surface area contributed by atoms with Gasteiger partial charge in [0.1, 0.15) is 5.75 Å². The monoisotopic (exact) mass is 354 g/mol. The minimum atomic E-state index is -0.386. The lowest BCUT2D eigenvalue weighted by atomic mass is 10.2. The Balaban J connectivity index is 1.70. The van der Waals surface area contributed by atoms with E-state index in [2.05, 4.69) is 20.8 Å². The highest BCUT2D eigenvalue weighted by Crippen LogP contribution is 2.15. The number of carbonyl (C=O) groups excluding carboxylic acids is 2. The smallest absolute Gasteiger partial charge is 0.277 e. The maximum Gasteiger partial charge on any atom is 0.277 e. The van der Waals surface area contributed by atoms with E-state index >= 15 is 0 Å². The van der Waals surface area contributed by atoms with Crippen LogP contribution in [-0.2, 0) is 16.1 Å². The van der Waals surface area contributed by atoms with E-state index in [1.165, 1.54) is 0 Å². The number of ether oxygens (including phenoxy) is 1. The third kappa shape index (κ3) is 6.72. The van der Waals surface area contributed by atoms with Crippen LogP contribution in [0.25, 0.3) is 0 Å². The molecule has 2 amide bonds. The van der Waals surface area contributed by atoms with Crippen LogP contribution in [0.3, 0.4) is 0 Å². The van der Waals surface area contributed by atoms with E-state index in [0.717, 1.165) is 11.1 Å². The zero-order chi connectivity index (χ0) is 18.8. The van der Waals surface area contributed by atoms with Gasteiger partial charge in [-0.05, 0) is 37.1 Å². The largest absolute Gasteiger partial charge is 0.483 e. The van der Waals surface area contributed by atoms with Gasteiger partial charge in [0.15, 0.2) is 6.61 Å². The van der Waals surface area contributed by atoms with Crippen LogP contribution in [0, 0.1) is 6.92 Å². The average molecular weight is 354 g/mol. The predicted molar refractivity (Wildman–Crippen MR) is 98.6 cm³/mol. The summed E-state index contributed by atoms with van der Waals surface area (Å²) in [6.45, 7) is 3.83. The molecule has 0 fully saturated rings. The van der Waals surface area contributed by atoms with Crippen molar-refractivity contribution in [2.45, 2.75) is 26.8 Å². The van der Waals surface area contributed by atoms with Crippen molar-refractivity contribution in [3.05, 3.63) is 59.9 Å². The molecule has 2 aromatic rings. The fraction of sp³-hybridized carbons (Fsp3) is 0.263. The van der Waals surface area contributed by atoms with Gasteiger partial charge >= 0.3 is 0 Å². The number of hydrogen-bond donors (Lipinski definition) is 2. The second-order valence-corrected chi connectivity index (χ2v) is 5.75. The molecule has 7 heteroatoms. The normalized spacial score (nSPS) is 10.9. The van der Waals surface area contributed by atoms with Crippen LogP contribution in [-0.4, -0.2) is 29.1 Å². The maximum absolute atomic E-state index is 11.9. The van der Waals surface area contributed by atoms with Crippen LogP contribution < -0.4 is 15.5 Å². The van der Waals surface area contributed by atoms with Crippen LogP contribution in [0.1, 0.15) is 24.5 Å². The highest BCUT2D eigenvalue weighted by molar-refractivity contribution is 6.00. The summed E-state index contributed by atoms with van der Waals surface area (Å²) in [5.74, 6) is 0.0852. The minimum absolute atomic E-state index is 0.0964. The minimum Gasteiger partial charge on any atom is -0.483 e. The lowest BCUT2D eigenvalue weighted by Crippen LogP contribution is -2.28. The summed E-state index contributed by atoms with van der Waals surface area (Å²) < 4.78 is 5.43. The topological polar surface area (TPSA) is 92.7 Å². The van der Waals surface area contributed by atoms with E-state index in [0.29, 0.717) is 18.0 Å². The number of amides is 2. The molecule has 0 aliphatic heterocycles. The molecule has 2 rings (SSSR count). The van der Waals surface area contributed by atoms with Crippen LogP contribution in [0.4, 0.5) is 0 Å². The van der Waals surface area contributed by atoms with Gasteiger partial charge in [-0.15, -0.1) is 0 Å². The molecule has 0 aliphatic carbocycles. The van der Waals surface area contributed by atoms with Crippen LogP contribution in [0.15, 0.2) is 53.9 Å². The Kier molecular flexibility index (Phi) is 7.30. The molecule has 1 heterocycles. The van der Waals surface area contributed by atoms with Gasteiger partial charge in [0, 0.05) is 24.7 Å². The first kappa shape index (κ1) is 19.1. The fourth-order valence-corrected chi connectivity index (χ4v) is 2.09. The van der Waals surface area contributed by atoms with Crippen molar-refractivity contribution in [3.8, 4) is 5.75 Å². The number of pyridine rings is 1. The molecular formula is C19H22N4O3. The molecule has 0 bridgehead atoms. The molecule has 1 aromatic heterocycles. The van der Waals surface area contributed by atoms with Gasteiger partial charge in [-0.25, -0.2) is 5.43 Å². The Morgan fingerprint density at radius 1 is 1.15 bits per heavy atom. The second-order valence-electron chi connectivity index (χ2n) is 5.75. The molecule has 0 unspecified atom stereocenters. The summed E-state index contributed by atoms with van der Waals surface area (Å²) in [4.78, 5) is 27.6. The Morgan fingerprint density at radius 2 is 1.96 bits per heavy atom. The van der Waals surface area contributed by atoms with Crippen LogP contribution in [0.5, 0.6) is 5.75 Å². The number of hydrazone groups is 1. The molecule has 2 N–H and O–H groups in total. The van der Waals surface area contributed by atoms with E-state index in [1.807, 2.05) is 37.3 Å².